The van der Waals surface area contributed by atoms with E-state index in [9.17, 15) is 13.2 Å². The zero-order valence-electron chi connectivity index (χ0n) is 10.7. The van der Waals surface area contributed by atoms with E-state index in [0.717, 1.165) is 10.6 Å². The monoisotopic (exact) mass is 307 g/mol. The molecule has 0 saturated carbocycles. The number of carbonyl (C=O) groups is 1. The minimum atomic E-state index is -3.63. The molecule has 6 nitrogen and oxygen atoms in total. The molecule has 0 aliphatic heterocycles. The van der Waals surface area contributed by atoms with Gasteiger partial charge in [-0.2, -0.15) is 0 Å². The highest BCUT2D eigenvalue weighted by atomic mass is 35.5. The van der Waals surface area contributed by atoms with Gasteiger partial charge in [-0.25, -0.2) is 8.42 Å². The summed E-state index contributed by atoms with van der Waals surface area (Å²) >= 11 is 5.93. The third-order valence-electron chi connectivity index (χ3n) is 2.32. The number of carbonyl (C=O) groups excluding carboxylic acids is 1. The quantitative estimate of drug-likeness (QED) is 0.766. The van der Waals surface area contributed by atoms with Crippen LogP contribution in [0, 0.1) is 0 Å². The number of ether oxygens (including phenoxy) is 2. The number of esters is 1. The number of nitrogens with zero attached hydrogens (tertiary/aromatic N) is 1. The van der Waals surface area contributed by atoms with Gasteiger partial charge >= 0.3 is 5.97 Å². The van der Waals surface area contributed by atoms with Crippen LogP contribution in [0.1, 0.15) is 0 Å². The van der Waals surface area contributed by atoms with Crippen LogP contribution in [0.4, 0.5) is 5.69 Å². The van der Waals surface area contributed by atoms with Crippen molar-refractivity contribution in [3.05, 3.63) is 23.2 Å². The SMILES string of the molecule is COC(=O)CN(c1ccc(OC)c(Cl)c1)S(C)(=O)=O. The van der Waals surface area contributed by atoms with Crippen molar-refractivity contribution in [1.29, 1.82) is 0 Å². The molecule has 106 valence electrons. The van der Waals surface area contributed by atoms with Gasteiger partial charge in [-0.05, 0) is 18.2 Å². The van der Waals surface area contributed by atoms with E-state index in [1.807, 2.05) is 0 Å². The van der Waals surface area contributed by atoms with Gasteiger partial charge in [-0.3, -0.25) is 9.10 Å². The number of methoxy groups -OCH3 is 2. The summed E-state index contributed by atoms with van der Waals surface area (Å²) in [7, 11) is -0.994. The van der Waals surface area contributed by atoms with Gasteiger partial charge in [0.15, 0.2) is 0 Å². The maximum Gasteiger partial charge on any atom is 0.326 e. The van der Waals surface area contributed by atoms with Crippen molar-refractivity contribution in [3.63, 3.8) is 0 Å². The summed E-state index contributed by atoms with van der Waals surface area (Å²) in [6.07, 6.45) is 0.994. The van der Waals surface area contributed by atoms with Crippen LogP contribution in [0.5, 0.6) is 5.75 Å². The van der Waals surface area contributed by atoms with E-state index in [0.29, 0.717) is 5.75 Å². The topological polar surface area (TPSA) is 72.9 Å². The number of halogens is 1. The molecule has 0 unspecified atom stereocenters. The van der Waals surface area contributed by atoms with Crippen LogP contribution in [0.3, 0.4) is 0 Å². The van der Waals surface area contributed by atoms with Crippen LogP contribution < -0.4 is 9.04 Å². The first-order valence-electron chi connectivity index (χ1n) is 5.17. The molecule has 0 fully saturated rings. The van der Waals surface area contributed by atoms with Crippen molar-refractivity contribution >= 4 is 33.3 Å². The molecule has 0 spiro atoms. The highest BCUT2D eigenvalue weighted by molar-refractivity contribution is 7.92. The van der Waals surface area contributed by atoms with E-state index in [2.05, 4.69) is 4.74 Å². The average Bonchev–Trinajstić information content (AvgIpc) is 2.34. The molecule has 0 N–H and O–H groups in total. The number of rotatable bonds is 5. The lowest BCUT2D eigenvalue weighted by molar-refractivity contribution is -0.138. The van der Waals surface area contributed by atoms with Crippen molar-refractivity contribution in [2.24, 2.45) is 0 Å². The molecule has 8 heteroatoms. The van der Waals surface area contributed by atoms with E-state index in [1.54, 1.807) is 0 Å². The fourth-order valence-electron chi connectivity index (χ4n) is 1.39. The third-order valence-corrected chi connectivity index (χ3v) is 3.76. The molecule has 0 atom stereocenters. The highest BCUT2D eigenvalue weighted by Crippen LogP contribution is 2.30. The number of hydrogen-bond acceptors (Lipinski definition) is 5. The Morgan fingerprint density at radius 3 is 2.42 bits per heavy atom. The lowest BCUT2D eigenvalue weighted by atomic mass is 10.3. The van der Waals surface area contributed by atoms with E-state index >= 15 is 0 Å². The highest BCUT2D eigenvalue weighted by Gasteiger charge is 2.22. The van der Waals surface area contributed by atoms with Gasteiger partial charge in [0.2, 0.25) is 10.0 Å². The summed E-state index contributed by atoms with van der Waals surface area (Å²) in [5.74, 6) is -0.255. The summed E-state index contributed by atoms with van der Waals surface area (Å²) in [5.41, 5.74) is 0.263. The normalized spacial score (nSPS) is 10.9. The third kappa shape index (κ3) is 4.00. The summed E-state index contributed by atoms with van der Waals surface area (Å²) < 4.78 is 33.7. The molecule has 1 aromatic rings. The number of anilines is 1. The van der Waals surface area contributed by atoms with Gasteiger partial charge in [0.1, 0.15) is 12.3 Å². The molecule has 0 radical (unpaired) electrons. The van der Waals surface area contributed by atoms with E-state index in [1.165, 1.54) is 32.4 Å². The van der Waals surface area contributed by atoms with Crippen LogP contribution in [-0.4, -0.2) is 41.4 Å². The zero-order chi connectivity index (χ0) is 14.6. The van der Waals surface area contributed by atoms with Gasteiger partial charge in [0.05, 0.1) is 31.2 Å². The van der Waals surface area contributed by atoms with Crippen LogP contribution in [-0.2, 0) is 19.6 Å². The molecule has 0 bridgehead atoms. The molecule has 0 saturated heterocycles. The first-order chi connectivity index (χ1) is 8.79. The van der Waals surface area contributed by atoms with E-state index < -0.39 is 22.5 Å². The van der Waals surface area contributed by atoms with E-state index in [-0.39, 0.29) is 10.7 Å². The van der Waals surface area contributed by atoms with Crippen molar-refractivity contribution < 1.29 is 22.7 Å². The maximum atomic E-state index is 11.7. The largest absolute Gasteiger partial charge is 0.495 e. The Labute approximate surface area is 116 Å². The Bertz CT molecular complexity index is 572. The maximum absolute atomic E-state index is 11.7. The molecule has 0 heterocycles. The summed E-state index contributed by atoms with van der Waals surface area (Å²) in [4.78, 5) is 11.3. The summed E-state index contributed by atoms with van der Waals surface area (Å²) in [6.45, 7) is -0.419. The molecule has 0 aromatic heterocycles. The van der Waals surface area contributed by atoms with Crippen molar-refractivity contribution in [2.45, 2.75) is 0 Å². The molecular formula is C11H14ClNO5S. The second-order valence-corrected chi connectivity index (χ2v) is 5.98. The lowest BCUT2D eigenvalue weighted by Crippen LogP contribution is -2.35. The number of sulfonamides is 1. The average molecular weight is 308 g/mol. The minimum Gasteiger partial charge on any atom is -0.495 e. The zero-order valence-corrected chi connectivity index (χ0v) is 12.3. The number of hydrogen-bond donors (Lipinski definition) is 0. The van der Waals surface area contributed by atoms with Crippen molar-refractivity contribution in [3.8, 4) is 5.75 Å². The molecule has 1 aromatic carbocycles. The standard InChI is InChI=1S/C11H14ClNO5S/c1-17-10-5-4-8(6-9(10)12)13(19(3,15)16)7-11(14)18-2/h4-6H,7H2,1-3H3. The second-order valence-electron chi connectivity index (χ2n) is 3.66. The Kier molecular flexibility index (Phi) is 5.02. The first-order valence-corrected chi connectivity index (χ1v) is 7.40. The number of benzene rings is 1. The van der Waals surface area contributed by atoms with Gasteiger partial charge < -0.3 is 9.47 Å². The first kappa shape index (κ1) is 15.6. The molecule has 1 rings (SSSR count). The Hall–Kier alpha value is -1.47. The van der Waals surface area contributed by atoms with E-state index in [4.69, 9.17) is 16.3 Å². The predicted octanol–water partition coefficient (Wildman–Crippen LogP) is 1.29. The minimum absolute atomic E-state index is 0.249. The molecule has 0 aliphatic rings. The molecular weight excluding hydrogens is 294 g/mol. The Balaban J connectivity index is 3.19. The molecule has 0 amide bonds. The fraction of sp³-hybridized carbons (Fsp3) is 0.364. The smallest absolute Gasteiger partial charge is 0.326 e. The van der Waals surface area contributed by atoms with Gasteiger partial charge in [-0.1, -0.05) is 11.6 Å². The summed E-state index contributed by atoms with van der Waals surface area (Å²) in [5, 5.41) is 0.249. The van der Waals surface area contributed by atoms with Crippen LogP contribution in [0.15, 0.2) is 18.2 Å². The second kappa shape index (κ2) is 6.12. The summed E-state index contributed by atoms with van der Waals surface area (Å²) in [6, 6.07) is 4.42. The fourth-order valence-corrected chi connectivity index (χ4v) is 2.48. The van der Waals surface area contributed by atoms with Crippen LogP contribution in [0.25, 0.3) is 0 Å². The van der Waals surface area contributed by atoms with Crippen molar-refractivity contribution in [2.75, 3.05) is 31.3 Å². The van der Waals surface area contributed by atoms with Crippen LogP contribution in [0.2, 0.25) is 5.02 Å². The lowest BCUT2D eigenvalue weighted by Gasteiger charge is -2.21. The Morgan fingerprint density at radius 2 is 2.00 bits per heavy atom. The van der Waals surface area contributed by atoms with Gasteiger partial charge in [0.25, 0.3) is 0 Å². The Morgan fingerprint density at radius 1 is 1.37 bits per heavy atom. The van der Waals surface area contributed by atoms with Crippen LogP contribution >= 0.6 is 11.6 Å². The molecule has 19 heavy (non-hydrogen) atoms. The van der Waals surface area contributed by atoms with Gasteiger partial charge in [0, 0.05) is 0 Å². The van der Waals surface area contributed by atoms with Gasteiger partial charge in [-0.15, -0.1) is 0 Å². The predicted molar refractivity (Wildman–Crippen MR) is 72.2 cm³/mol. The van der Waals surface area contributed by atoms with Crippen molar-refractivity contribution in [1.82, 2.24) is 0 Å². The molecule has 0 aliphatic carbocycles.